The maximum atomic E-state index is 11.0. The summed E-state index contributed by atoms with van der Waals surface area (Å²) in [4.78, 5) is 11.0. The van der Waals surface area contributed by atoms with E-state index in [0.717, 1.165) is 5.69 Å². The fourth-order valence-electron chi connectivity index (χ4n) is 1.01. The van der Waals surface area contributed by atoms with Gasteiger partial charge in [-0.3, -0.25) is 4.79 Å². The van der Waals surface area contributed by atoms with Crippen molar-refractivity contribution >= 4 is 28.9 Å². The number of benzene rings is 1. The van der Waals surface area contributed by atoms with E-state index in [9.17, 15) is 4.79 Å². The van der Waals surface area contributed by atoms with Crippen molar-refractivity contribution in [3.05, 3.63) is 29.8 Å². The van der Waals surface area contributed by atoms with Crippen molar-refractivity contribution < 1.29 is 4.79 Å². The van der Waals surface area contributed by atoms with E-state index in [1.807, 2.05) is 6.07 Å². The van der Waals surface area contributed by atoms with Crippen molar-refractivity contribution in [2.24, 2.45) is 0 Å². The number of anilines is 1. The van der Waals surface area contributed by atoms with Gasteiger partial charge < -0.3 is 10.6 Å². The number of hydrogen-bond acceptors (Lipinski definition) is 3. The first-order chi connectivity index (χ1) is 7.65. The second-order valence-electron chi connectivity index (χ2n) is 3.05. The first-order valence-corrected chi connectivity index (χ1v) is 5.17. The lowest BCUT2D eigenvalue weighted by atomic mass is 10.2. The van der Waals surface area contributed by atoms with Crippen LogP contribution in [0.5, 0.6) is 0 Å². The standard InChI is InChI=1S/C11H11N3OS/c1-2-10(15)14-11(16)13-9-5-3-8(7-12)4-6-9/h3-6H,2H2,1H3,(H2,13,14,15,16). The van der Waals surface area contributed by atoms with Crippen molar-refractivity contribution in [1.82, 2.24) is 5.32 Å². The molecule has 0 saturated carbocycles. The third-order valence-electron chi connectivity index (χ3n) is 1.85. The molecule has 16 heavy (non-hydrogen) atoms. The van der Waals surface area contributed by atoms with Crippen LogP contribution in [0.15, 0.2) is 24.3 Å². The van der Waals surface area contributed by atoms with Crippen LogP contribution in [0.2, 0.25) is 0 Å². The van der Waals surface area contributed by atoms with Gasteiger partial charge in [-0.25, -0.2) is 0 Å². The normalized spacial score (nSPS) is 9.00. The smallest absolute Gasteiger partial charge is 0.225 e. The van der Waals surface area contributed by atoms with E-state index in [4.69, 9.17) is 17.5 Å². The number of carbonyl (C=O) groups is 1. The Labute approximate surface area is 99.3 Å². The Hall–Kier alpha value is -1.93. The van der Waals surface area contributed by atoms with Gasteiger partial charge in [0, 0.05) is 12.1 Å². The Balaban J connectivity index is 2.57. The van der Waals surface area contributed by atoms with Crippen LogP contribution in [0.25, 0.3) is 0 Å². The molecule has 0 saturated heterocycles. The molecule has 0 aliphatic carbocycles. The molecule has 0 heterocycles. The van der Waals surface area contributed by atoms with Crippen molar-refractivity contribution in [3.63, 3.8) is 0 Å². The summed E-state index contributed by atoms with van der Waals surface area (Å²) < 4.78 is 0. The van der Waals surface area contributed by atoms with Gasteiger partial charge in [-0.1, -0.05) is 6.92 Å². The topological polar surface area (TPSA) is 64.9 Å². The molecule has 0 aliphatic rings. The molecular weight excluding hydrogens is 222 g/mol. The predicted molar refractivity (Wildman–Crippen MR) is 65.8 cm³/mol. The van der Waals surface area contributed by atoms with Crippen LogP contribution in [0, 0.1) is 11.3 Å². The summed E-state index contributed by atoms with van der Waals surface area (Å²) in [7, 11) is 0. The van der Waals surface area contributed by atoms with Crippen LogP contribution in [0.3, 0.4) is 0 Å². The van der Waals surface area contributed by atoms with Crippen LogP contribution < -0.4 is 10.6 Å². The van der Waals surface area contributed by atoms with Gasteiger partial charge in [-0.05, 0) is 36.5 Å². The third-order valence-corrected chi connectivity index (χ3v) is 2.05. The molecule has 1 rings (SSSR count). The Morgan fingerprint density at radius 1 is 1.44 bits per heavy atom. The van der Waals surface area contributed by atoms with Gasteiger partial charge in [0.25, 0.3) is 0 Å². The molecular formula is C11H11N3OS. The van der Waals surface area contributed by atoms with E-state index < -0.39 is 0 Å². The van der Waals surface area contributed by atoms with Crippen molar-refractivity contribution in [2.75, 3.05) is 5.32 Å². The van der Waals surface area contributed by atoms with E-state index in [0.29, 0.717) is 12.0 Å². The maximum Gasteiger partial charge on any atom is 0.225 e. The van der Waals surface area contributed by atoms with Gasteiger partial charge in [0.05, 0.1) is 11.6 Å². The molecule has 1 amide bonds. The van der Waals surface area contributed by atoms with Crippen molar-refractivity contribution in [2.45, 2.75) is 13.3 Å². The van der Waals surface area contributed by atoms with Gasteiger partial charge in [-0.2, -0.15) is 5.26 Å². The number of rotatable bonds is 2. The highest BCUT2D eigenvalue weighted by Gasteiger charge is 2.01. The summed E-state index contributed by atoms with van der Waals surface area (Å²) in [6, 6.07) is 8.82. The molecule has 0 atom stereocenters. The molecule has 0 fully saturated rings. The zero-order valence-corrected chi connectivity index (χ0v) is 9.60. The van der Waals surface area contributed by atoms with Gasteiger partial charge in [-0.15, -0.1) is 0 Å². The Bertz CT molecular complexity index is 434. The van der Waals surface area contributed by atoms with Crippen LogP contribution in [0.1, 0.15) is 18.9 Å². The van der Waals surface area contributed by atoms with E-state index in [2.05, 4.69) is 10.6 Å². The molecule has 0 radical (unpaired) electrons. The minimum atomic E-state index is -0.133. The average molecular weight is 233 g/mol. The van der Waals surface area contributed by atoms with Crippen molar-refractivity contribution in [3.8, 4) is 6.07 Å². The van der Waals surface area contributed by atoms with Crippen molar-refractivity contribution in [1.29, 1.82) is 5.26 Å². The summed E-state index contributed by atoms with van der Waals surface area (Å²) in [5.74, 6) is -0.133. The molecule has 2 N–H and O–H groups in total. The molecule has 0 spiro atoms. The molecule has 82 valence electrons. The Morgan fingerprint density at radius 2 is 2.06 bits per heavy atom. The number of hydrogen-bond donors (Lipinski definition) is 2. The lowest BCUT2D eigenvalue weighted by Crippen LogP contribution is -2.33. The van der Waals surface area contributed by atoms with Gasteiger partial charge in [0.2, 0.25) is 5.91 Å². The van der Waals surface area contributed by atoms with Crippen LogP contribution in [0.4, 0.5) is 5.69 Å². The number of thiocarbonyl (C=S) groups is 1. The molecule has 5 heteroatoms. The second-order valence-corrected chi connectivity index (χ2v) is 3.45. The summed E-state index contributed by atoms with van der Waals surface area (Å²) in [5.41, 5.74) is 1.31. The highest BCUT2D eigenvalue weighted by molar-refractivity contribution is 7.80. The minimum Gasteiger partial charge on any atom is -0.332 e. The van der Waals surface area contributed by atoms with Gasteiger partial charge in [0.15, 0.2) is 5.11 Å². The Morgan fingerprint density at radius 3 is 2.56 bits per heavy atom. The predicted octanol–water partition coefficient (Wildman–Crippen LogP) is 1.78. The Kier molecular flexibility index (Phi) is 4.42. The first kappa shape index (κ1) is 12.1. The first-order valence-electron chi connectivity index (χ1n) is 4.76. The van der Waals surface area contributed by atoms with E-state index in [-0.39, 0.29) is 11.0 Å². The number of nitrogens with zero attached hydrogens (tertiary/aromatic N) is 1. The zero-order chi connectivity index (χ0) is 12.0. The lowest BCUT2D eigenvalue weighted by Gasteiger charge is -2.08. The number of amides is 1. The molecule has 0 aliphatic heterocycles. The zero-order valence-electron chi connectivity index (χ0n) is 8.78. The van der Waals surface area contributed by atoms with E-state index in [1.54, 1.807) is 31.2 Å². The summed E-state index contributed by atoms with van der Waals surface area (Å²) >= 11 is 4.93. The summed E-state index contributed by atoms with van der Waals surface area (Å²) in [6.07, 6.45) is 0.384. The fraction of sp³-hybridized carbons (Fsp3) is 0.182. The molecule has 4 nitrogen and oxygen atoms in total. The molecule has 0 unspecified atom stereocenters. The molecule has 0 aromatic heterocycles. The molecule has 1 aromatic carbocycles. The summed E-state index contributed by atoms with van der Waals surface area (Å²) in [6.45, 7) is 1.75. The average Bonchev–Trinajstić information content (AvgIpc) is 2.29. The highest BCUT2D eigenvalue weighted by atomic mass is 32.1. The third kappa shape index (κ3) is 3.67. The van der Waals surface area contributed by atoms with Crippen LogP contribution in [-0.2, 0) is 4.79 Å². The number of nitrogens with one attached hydrogen (secondary N) is 2. The monoisotopic (exact) mass is 233 g/mol. The second kappa shape index (κ2) is 5.83. The SMILES string of the molecule is CCC(=O)NC(=S)Nc1ccc(C#N)cc1. The highest BCUT2D eigenvalue weighted by Crippen LogP contribution is 2.08. The maximum absolute atomic E-state index is 11.0. The quantitative estimate of drug-likeness (QED) is 0.764. The molecule has 0 bridgehead atoms. The largest absolute Gasteiger partial charge is 0.332 e. The van der Waals surface area contributed by atoms with E-state index in [1.165, 1.54) is 0 Å². The van der Waals surface area contributed by atoms with Gasteiger partial charge in [0.1, 0.15) is 0 Å². The van der Waals surface area contributed by atoms with Crippen LogP contribution in [-0.4, -0.2) is 11.0 Å². The summed E-state index contributed by atoms with van der Waals surface area (Å²) in [5, 5.41) is 14.2. The van der Waals surface area contributed by atoms with Gasteiger partial charge >= 0.3 is 0 Å². The van der Waals surface area contributed by atoms with E-state index >= 15 is 0 Å². The number of carbonyl (C=O) groups excluding carboxylic acids is 1. The number of nitriles is 1. The van der Waals surface area contributed by atoms with Crippen LogP contribution >= 0.6 is 12.2 Å². The lowest BCUT2D eigenvalue weighted by molar-refractivity contribution is -0.119. The molecule has 1 aromatic rings. The minimum absolute atomic E-state index is 0.133. The fourth-order valence-corrected chi connectivity index (χ4v) is 1.24.